The number of carbonyl (C=O) groups is 1. The van der Waals surface area contributed by atoms with Gasteiger partial charge in [-0.15, -0.1) is 0 Å². The number of nitrogens with one attached hydrogen (secondary N) is 1. The van der Waals surface area contributed by atoms with Crippen LogP contribution in [0.1, 0.15) is 24.2 Å². The highest BCUT2D eigenvalue weighted by Crippen LogP contribution is 2.18. The van der Waals surface area contributed by atoms with Gasteiger partial charge in [0.25, 0.3) is 5.91 Å². The van der Waals surface area contributed by atoms with Crippen LogP contribution in [-0.4, -0.2) is 23.2 Å². The number of halogens is 2. The van der Waals surface area contributed by atoms with Crippen molar-refractivity contribution in [1.82, 2.24) is 5.32 Å². The summed E-state index contributed by atoms with van der Waals surface area (Å²) in [5.74, 6) is -2.67. The van der Waals surface area contributed by atoms with Gasteiger partial charge in [0.15, 0.2) is 0 Å². The third-order valence-electron chi connectivity index (χ3n) is 1.99. The molecular formula is C11H14F2N2O2. The summed E-state index contributed by atoms with van der Waals surface area (Å²) < 4.78 is 26.1. The van der Waals surface area contributed by atoms with E-state index in [1.807, 2.05) is 0 Å². The number of nitrogen functional groups attached to an aromatic ring is 1. The van der Waals surface area contributed by atoms with Crippen LogP contribution in [0.4, 0.5) is 14.5 Å². The highest BCUT2D eigenvalue weighted by molar-refractivity contribution is 5.99. The lowest BCUT2D eigenvalue weighted by Gasteiger charge is -2.18. The van der Waals surface area contributed by atoms with Crippen molar-refractivity contribution in [1.29, 1.82) is 0 Å². The van der Waals surface area contributed by atoms with Crippen LogP contribution in [0, 0.1) is 11.6 Å². The smallest absolute Gasteiger partial charge is 0.256 e. The Balaban J connectivity index is 2.90. The summed E-state index contributed by atoms with van der Waals surface area (Å²) in [5, 5.41) is 11.7. The predicted octanol–water partition coefficient (Wildman–Crippen LogP) is 1.05. The highest BCUT2D eigenvalue weighted by atomic mass is 19.1. The molecule has 0 spiro atoms. The van der Waals surface area contributed by atoms with Crippen LogP contribution in [0.2, 0.25) is 0 Å². The maximum Gasteiger partial charge on any atom is 0.256 e. The maximum atomic E-state index is 13.3. The van der Waals surface area contributed by atoms with Gasteiger partial charge in [0.2, 0.25) is 0 Å². The van der Waals surface area contributed by atoms with E-state index in [2.05, 4.69) is 5.32 Å². The van der Waals surface area contributed by atoms with Gasteiger partial charge in [-0.3, -0.25) is 4.79 Å². The van der Waals surface area contributed by atoms with Crippen molar-refractivity contribution in [3.63, 3.8) is 0 Å². The van der Waals surface area contributed by atoms with E-state index in [0.717, 1.165) is 6.07 Å². The average molecular weight is 244 g/mol. The molecule has 0 unspecified atom stereocenters. The molecule has 1 rings (SSSR count). The molecule has 0 aromatic heterocycles. The van der Waals surface area contributed by atoms with Crippen LogP contribution in [-0.2, 0) is 0 Å². The molecule has 4 nitrogen and oxygen atoms in total. The molecule has 1 aromatic rings. The maximum absolute atomic E-state index is 13.3. The molecule has 17 heavy (non-hydrogen) atoms. The van der Waals surface area contributed by atoms with Crippen LogP contribution < -0.4 is 11.1 Å². The second kappa shape index (κ2) is 4.67. The van der Waals surface area contributed by atoms with Crippen LogP contribution in [0.3, 0.4) is 0 Å². The molecule has 0 bridgehead atoms. The number of carbonyl (C=O) groups excluding carboxylic acids is 1. The Labute approximate surface area is 97.4 Å². The molecule has 0 saturated heterocycles. The second-order valence-corrected chi connectivity index (χ2v) is 4.35. The minimum absolute atomic E-state index is 0.0674. The normalized spacial score (nSPS) is 11.4. The van der Waals surface area contributed by atoms with Gasteiger partial charge in [-0.2, -0.15) is 0 Å². The van der Waals surface area contributed by atoms with Crippen molar-refractivity contribution in [2.45, 2.75) is 19.4 Å². The summed E-state index contributed by atoms with van der Waals surface area (Å²) in [4.78, 5) is 11.6. The zero-order valence-corrected chi connectivity index (χ0v) is 9.55. The fourth-order valence-corrected chi connectivity index (χ4v) is 1.22. The van der Waals surface area contributed by atoms with Gasteiger partial charge in [0.05, 0.1) is 16.9 Å². The Morgan fingerprint density at radius 3 is 2.53 bits per heavy atom. The molecule has 0 saturated carbocycles. The van der Waals surface area contributed by atoms with E-state index in [1.54, 1.807) is 0 Å². The molecule has 0 aliphatic carbocycles. The minimum Gasteiger partial charge on any atom is -0.398 e. The minimum atomic E-state index is -1.12. The summed E-state index contributed by atoms with van der Waals surface area (Å²) in [7, 11) is 0. The molecule has 0 radical (unpaired) electrons. The van der Waals surface area contributed by atoms with Gasteiger partial charge in [0, 0.05) is 12.6 Å². The lowest BCUT2D eigenvalue weighted by Crippen LogP contribution is -2.38. The third-order valence-corrected chi connectivity index (χ3v) is 1.99. The fraction of sp³-hybridized carbons (Fsp3) is 0.364. The summed E-state index contributed by atoms with van der Waals surface area (Å²) in [6.07, 6.45) is 0. The van der Waals surface area contributed by atoms with Gasteiger partial charge >= 0.3 is 0 Å². The number of nitrogens with two attached hydrogens (primary N) is 1. The quantitative estimate of drug-likeness (QED) is 0.695. The van der Waals surface area contributed by atoms with E-state index in [9.17, 15) is 18.7 Å². The Hall–Kier alpha value is -1.69. The number of amides is 1. The summed E-state index contributed by atoms with van der Waals surface area (Å²) in [5.41, 5.74) is 3.53. The van der Waals surface area contributed by atoms with Gasteiger partial charge in [-0.1, -0.05) is 0 Å². The summed E-state index contributed by atoms with van der Waals surface area (Å²) in [6.45, 7) is 2.90. The molecule has 0 aliphatic rings. The fourth-order valence-electron chi connectivity index (χ4n) is 1.22. The Kier molecular flexibility index (Phi) is 3.67. The Morgan fingerprint density at radius 2 is 2.06 bits per heavy atom. The van der Waals surface area contributed by atoms with E-state index in [-0.39, 0.29) is 12.2 Å². The number of aliphatic hydroxyl groups is 1. The first-order valence-corrected chi connectivity index (χ1v) is 4.96. The third kappa shape index (κ3) is 3.67. The lowest BCUT2D eigenvalue weighted by atomic mass is 10.1. The van der Waals surface area contributed by atoms with E-state index in [0.29, 0.717) is 6.07 Å². The Bertz CT molecular complexity index is 419. The van der Waals surface area contributed by atoms with E-state index in [1.165, 1.54) is 13.8 Å². The van der Waals surface area contributed by atoms with Gasteiger partial charge in [-0.05, 0) is 19.9 Å². The lowest BCUT2D eigenvalue weighted by molar-refractivity contribution is 0.0692. The zero-order chi connectivity index (χ0) is 13.2. The summed E-state index contributed by atoms with van der Waals surface area (Å²) in [6, 6.07) is 1.44. The molecule has 4 N–H and O–H groups in total. The molecule has 0 atom stereocenters. The van der Waals surface area contributed by atoms with Crippen LogP contribution >= 0.6 is 0 Å². The SMILES string of the molecule is CC(C)(O)CNC(=O)c1c(N)cc(F)cc1F. The van der Waals surface area contributed by atoms with Crippen molar-refractivity contribution in [3.05, 3.63) is 29.3 Å². The Morgan fingerprint density at radius 1 is 1.47 bits per heavy atom. The molecule has 0 fully saturated rings. The predicted molar refractivity (Wildman–Crippen MR) is 59.4 cm³/mol. The molecule has 1 aromatic carbocycles. The number of hydrogen-bond donors (Lipinski definition) is 3. The highest BCUT2D eigenvalue weighted by Gasteiger charge is 2.19. The molecule has 1 amide bonds. The first-order valence-electron chi connectivity index (χ1n) is 4.96. The largest absolute Gasteiger partial charge is 0.398 e. The summed E-state index contributed by atoms with van der Waals surface area (Å²) >= 11 is 0. The van der Waals surface area contributed by atoms with E-state index < -0.39 is 28.7 Å². The van der Waals surface area contributed by atoms with Crippen LogP contribution in [0.5, 0.6) is 0 Å². The number of hydrogen-bond acceptors (Lipinski definition) is 3. The van der Waals surface area contributed by atoms with Gasteiger partial charge < -0.3 is 16.2 Å². The van der Waals surface area contributed by atoms with Crippen molar-refractivity contribution in [3.8, 4) is 0 Å². The van der Waals surface area contributed by atoms with Crippen LogP contribution in [0.25, 0.3) is 0 Å². The zero-order valence-electron chi connectivity index (χ0n) is 9.55. The van der Waals surface area contributed by atoms with Crippen LogP contribution in [0.15, 0.2) is 12.1 Å². The monoisotopic (exact) mass is 244 g/mol. The van der Waals surface area contributed by atoms with Gasteiger partial charge in [0.1, 0.15) is 11.6 Å². The van der Waals surface area contributed by atoms with Crippen molar-refractivity contribution < 1.29 is 18.7 Å². The number of anilines is 1. The first kappa shape index (κ1) is 13.4. The molecule has 94 valence electrons. The van der Waals surface area contributed by atoms with E-state index in [4.69, 9.17) is 5.73 Å². The second-order valence-electron chi connectivity index (χ2n) is 4.35. The van der Waals surface area contributed by atoms with Crippen molar-refractivity contribution in [2.24, 2.45) is 0 Å². The standard InChI is InChI=1S/C11H14F2N2O2/c1-11(2,17)5-15-10(16)9-7(13)3-6(12)4-8(9)14/h3-4,17H,5,14H2,1-2H3,(H,15,16). The molecule has 0 heterocycles. The van der Waals surface area contributed by atoms with E-state index >= 15 is 0 Å². The molecular weight excluding hydrogens is 230 g/mol. The molecule has 6 heteroatoms. The van der Waals surface area contributed by atoms with Gasteiger partial charge in [-0.25, -0.2) is 8.78 Å². The first-order chi connectivity index (χ1) is 7.70. The number of benzene rings is 1. The van der Waals surface area contributed by atoms with Crippen molar-refractivity contribution >= 4 is 11.6 Å². The average Bonchev–Trinajstić information content (AvgIpc) is 2.11. The number of rotatable bonds is 3. The molecule has 0 aliphatic heterocycles. The van der Waals surface area contributed by atoms with Crippen molar-refractivity contribution in [2.75, 3.05) is 12.3 Å². The topological polar surface area (TPSA) is 75.3 Å².